The summed E-state index contributed by atoms with van der Waals surface area (Å²) in [4.78, 5) is 143. The Hall–Kier alpha value is -6.89. The molecule has 1 aromatic carbocycles. The topological polar surface area (TPSA) is 416 Å². The molecule has 1 heterocycles. The molecule has 25 heteroatoms. The van der Waals surface area contributed by atoms with Gasteiger partial charge in [-0.2, -0.15) is 0 Å². The summed E-state index contributed by atoms with van der Waals surface area (Å²) < 4.78 is 0. The first-order chi connectivity index (χ1) is 31.4. The van der Waals surface area contributed by atoms with E-state index in [1.165, 1.54) is 29.2 Å². The van der Waals surface area contributed by atoms with Crippen LogP contribution in [0.3, 0.4) is 0 Å². The van der Waals surface area contributed by atoms with E-state index in [9.17, 15) is 78.3 Å². The molecular formula is C42H63N9O16. The molecule has 25 nitrogen and oxygen atoms in total. The number of carbonyl (C=O) groups excluding carboxylic acids is 8. The van der Waals surface area contributed by atoms with Gasteiger partial charge in [0, 0.05) is 25.8 Å². The average molecular weight is 950 g/mol. The predicted octanol–water partition coefficient (Wildman–Crippen LogP) is -3.45. The number of aliphatic hydroxyl groups excluding tert-OH is 1. The summed E-state index contributed by atoms with van der Waals surface area (Å²) in [5.41, 5.74) is 11.2. The number of hydrogen-bond acceptors (Lipinski definition) is 14. The van der Waals surface area contributed by atoms with Crippen LogP contribution in [0, 0.1) is 11.8 Å². The zero-order valence-corrected chi connectivity index (χ0v) is 37.7. The summed E-state index contributed by atoms with van der Waals surface area (Å²) in [5, 5.41) is 61.7. The summed E-state index contributed by atoms with van der Waals surface area (Å²) in [7, 11) is 0. The lowest BCUT2D eigenvalue weighted by molar-refractivity contribution is -0.144. The van der Waals surface area contributed by atoms with Gasteiger partial charge in [-0.05, 0) is 55.2 Å². The van der Waals surface area contributed by atoms with E-state index in [1.807, 2.05) is 0 Å². The van der Waals surface area contributed by atoms with Gasteiger partial charge in [0.25, 0.3) is 0 Å². The maximum absolute atomic E-state index is 14.2. The fraction of sp³-hybridized carbons (Fsp3) is 0.595. The van der Waals surface area contributed by atoms with Gasteiger partial charge in [0.05, 0.1) is 13.0 Å². The third-order valence-corrected chi connectivity index (χ3v) is 11.0. The van der Waals surface area contributed by atoms with Crippen molar-refractivity contribution in [2.45, 2.75) is 134 Å². The van der Waals surface area contributed by atoms with Crippen LogP contribution in [0.5, 0.6) is 5.75 Å². The van der Waals surface area contributed by atoms with Gasteiger partial charge in [0.15, 0.2) is 0 Å². The Morgan fingerprint density at radius 2 is 1.24 bits per heavy atom. The number of carboxylic acids is 3. The monoisotopic (exact) mass is 949 g/mol. The molecular weight excluding hydrogens is 887 g/mol. The standard InChI is InChI=1S/C42H63N9O16/c1-5-21(4)34(50-37(61)25(12-14-30(44)54)45-38(62)27(18-32(57)58)47-35(59)24(43)19-52)40(64)49-33(20(2)3)41(65)51-16-6-7-29(51)39(63)46-26(13-15-31(55)56)36(60)48-28(42(66)67)17-22-8-10-23(53)11-9-22/h8-11,20-21,24-29,33-34,52-53H,5-7,12-19,43H2,1-4H3,(H2,44,54)(H,45,62)(H,46,63)(H,47,59)(H,48,60)(H,49,64)(H,50,61)(H,55,56)(H,57,58)(H,66,67)/t21-,24-,25-,26-,27-,28-,29-,33-,34-/m0/s1. The van der Waals surface area contributed by atoms with Crippen LogP contribution in [0.1, 0.15) is 84.6 Å². The number of phenolic OH excluding ortho intramolecular Hbond substituents is 1. The molecule has 67 heavy (non-hydrogen) atoms. The number of hydrogen-bond donors (Lipinski definition) is 13. The van der Waals surface area contributed by atoms with Crippen molar-refractivity contribution in [1.82, 2.24) is 36.8 Å². The van der Waals surface area contributed by atoms with Crippen LogP contribution in [0.15, 0.2) is 24.3 Å². The Morgan fingerprint density at radius 1 is 0.701 bits per heavy atom. The number of aromatic hydroxyl groups is 1. The fourth-order valence-corrected chi connectivity index (χ4v) is 6.91. The second-order valence-corrected chi connectivity index (χ2v) is 16.6. The summed E-state index contributed by atoms with van der Waals surface area (Å²) in [6, 6.07) is -6.40. The number of amides is 8. The van der Waals surface area contributed by atoms with Crippen molar-refractivity contribution < 1.29 is 78.3 Å². The van der Waals surface area contributed by atoms with Crippen LogP contribution in [0.2, 0.25) is 0 Å². The largest absolute Gasteiger partial charge is 0.508 e. The number of phenols is 1. The minimum atomic E-state index is -1.80. The van der Waals surface area contributed by atoms with Crippen molar-refractivity contribution in [3.63, 3.8) is 0 Å². The number of nitrogens with zero attached hydrogens (tertiary/aromatic N) is 1. The van der Waals surface area contributed by atoms with Gasteiger partial charge in [0.2, 0.25) is 47.3 Å². The summed E-state index contributed by atoms with van der Waals surface area (Å²) in [6.45, 7) is 5.68. The highest BCUT2D eigenvalue weighted by Crippen LogP contribution is 2.22. The molecule has 15 N–H and O–H groups in total. The van der Waals surface area contributed by atoms with Crippen LogP contribution < -0.4 is 43.4 Å². The minimum absolute atomic E-state index is 0.0255. The Kier molecular flexibility index (Phi) is 22.6. The molecule has 1 saturated heterocycles. The number of aliphatic hydroxyl groups is 1. The molecule has 0 unspecified atom stereocenters. The number of aliphatic carboxylic acids is 3. The highest BCUT2D eigenvalue weighted by molar-refractivity contribution is 5.98. The van der Waals surface area contributed by atoms with E-state index in [0.29, 0.717) is 12.0 Å². The highest BCUT2D eigenvalue weighted by atomic mass is 16.4. The fourth-order valence-electron chi connectivity index (χ4n) is 6.91. The number of nitrogens with one attached hydrogen (secondary N) is 6. The molecule has 8 amide bonds. The normalized spacial score (nSPS) is 16.9. The lowest BCUT2D eigenvalue weighted by atomic mass is 9.95. The van der Waals surface area contributed by atoms with Gasteiger partial charge >= 0.3 is 17.9 Å². The zero-order chi connectivity index (χ0) is 50.7. The summed E-state index contributed by atoms with van der Waals surface area (Å²) in [6.07, 6.45) is -2.46. The van der Waals surface area contributed by atoms with Gasteiger partial charge in [-0.3, -0.25) is 47.9 Å². The average Bonchev–Trinajstić information content (AvgIpc) is 3.76. The molecule has 2 rings (SSSR count). The second kappa shape index (κ2) is 26.9. The molecule has 372 valence electrons. The molecule has 0 spiro atoms. The first-order valence-corrected chi connectivity index (χ1v) is 21.6. The molecule has 0 saturated carbocycles. The second-order valence-electron chi connectivity index (χ2n) is 16.6. The van der Waals surface area contributed by atoms with Gasteiger partial charge in [-0.25, -0.2) is 4.79 Å². The van der Waals surface area contributed by atoms with Crippen LogP contribution in [0.25, 0.3) is 0 Å². The smallest absolute Gasteiger partial charge is 0.326 e. The first-order valence-electron chi connectivity index (χ1n) is 21.6. The van der Waals surface area contributed by atoms with Crippen LogP contribution in [-0.2, 0) is 59.2 Å². The Labute approximate surface area is 385 Å². The summed E-state index contributed by atoms with van der Waals surface area (Å²) >= 11 is 0. The van der Waals surface area contributed by atoms with Gasteiger partial charge in [0.1, 0.15) is 54.1 Å². The molecule has 0 bridgehead atoms. The van der Waals surface area contributed by atoms with Crippen molar-refractivity contribution in [1.29, 1.82) is 0 Å². The Balaban J connectivity index is 2.33. The minimum Gasteiger partial charge on any atom is -0.508 e. The molecule has 1 fully saturated rings. The van der Waals surface area contributed by atoms with Crippen LogP contribution in [0.4, 0.5) is 0 Å². The number of rotatable bonds is 28. The SMILES string of the molecule is CC[C@H](C)[C@H](NC(=O)[C@H](CCC(N)=O)NC(=O)[C@H](CC(=O)O)NC(=O)[C@@H](N)CO)C(=O)N[C@H](C(=O)N1CCC[C@H]1C(=O)N[C@@H](CCC(=O)O)C(=O)N[C@@H](Cc1ccc(O)cc1)C(=O)O)C(C)C. The van der Waals surface area contributed by atoms with E-state index in [-0.39, 0.29) is 31.6 Å². The molecule has 1 aliphatic heterocycles. The lowest BCUT2D eigenvalue weighted by Gasteiger charge is -2.33. The number of carbonyl (C=O) groups is 11. The van der Waals surface area contributed by atoms with E-state index in [2.05, 4.69) is 31.9 Å². The van der Waals surface area contributed by atoms with Crippen molar-refractivity contribution in [3.8, 4) is 5.75 Å². The number of carboxylic acid groups (broad SMARTS) is 3. The zero-order valence-electron chi connectivity index (χ0n) is 37.7. The van der Waals surface area contributed by atoms with Crippen LogP contribution in [-0.4, -0.2) is 157 Å². The maximum Gasteiger partial charge on any atom is 0.326 e. The summed E-state index contributed by atoms with van der Waals surface area (Å²) in [5.74, 6) is -13.2. The molecule has 0 aliphatic carbocycles. The Bertz CT molecular complexity index is 1970. The van der Waals surface area contributed by atoms with Crippen LogP contribution >= 0.6 is 0 Å². The number of nitrogens with two attached hydrogens (primary N) is 2. The molecule has 0 aromatic heterocycles. The highest BCUT2D eigenvalue weighted by Gasteiger charge is 2.41. The number of primary amides is 1. The van der Waals surface area contributed by atoms with Crippen molar-refractivity contribution in [3.05, 3.63) is 29.8 Å². The van der Waals surface area contributed by atoms with Gasteiger partial charge < -0.3 is 73.8 Å². The number of likely N-dealkylation sites (tertiary alicyclic amines) is 1. The molecule has 9 atom stereocenters. The molecule has 1 aromatic rings. The van der Waals surface area contributed by atoms with Crippen molar-refractivity contribution in [2.75, 3.05) is 13.2 Å². The number of benzene rings is 1. The van der Waals surface area contributed by atoms with Crippen molar-refractivity contribution >= 4 is 65.2 Å². The van der Waals surface area contributed by atoms with E-state index in [0.717, 1.165) is 0 Å². The Morgan fingerprint density at radius 3 is 1.78 bits per heavy atom. The molecule has 1 aliphatic rings. The van der Waals surface area contributed by atoms with E-state index in [4.69, 9.17) is 11.5 Å². The predicted molar refractivity (Wildman–Crippen MR) is 233 cm³/mol. The third-order valence-electron chi connectivity index (χ3n) is 11.0. The van der Waals surface area contributed by atoms with Crippen molar-refractivity contribution in [2.24, 2.45) is 23.3 Å². The van der Waals surface area contributed by atoms with E-state index >= 15 is 0 Å². The third kappa shape index (κ3) is 18.1. The quantitative estimate of drug-likeness (QED) is 0.0388. The first kappa shape index (κ1) is 56.2. The van der Waals surface area contributed by atoms with Gasteiger partial charge in [-0.15, -0.1) is 0 Å². The molecule has 0 radical (unpaired) electrons. The van der Waals surface area contributed by atoms with E-state index in [1.54, 1.807) is 27.7 Å². The lowest BCUT2D eigenvalue weighted by Crippen LogP contribution is -2.62. The maximum atomic E-state index is 14.2. The van der Waals surface area contributed by atoms with E-state index < -0.39 is 164 Å². The van der Waals surface area contributed by atoms with Gasteiger partial charge in [-0.1, -0.05) is 46.2 Å².